The predicted octanol–water partition coefficient (Wildman–Crippen LogP) is 3.39. The summed E-state index contributed by atoms with van der Waals surface area (Å²) in [6.45, 7) is 2.91. The normalized spacial score (nSPS) is 19.7. The van der Waals surface area contributed by atoms with Crippen molar-refractivity contribution in [3.05, 3.63) is 65.4 Å². The molecule has 0 aliphatic carbocycles. The minimum absolute atomic E-state index is 0.289. The molecule has 0 bridgehead atoms. The van der Waals surface area contributed by atoms with Gasteiger partial charge in [-0.2, -0.15) is 0 Å². The van der Waals surface area contributed by atoms with Crippen LogP contribution in [0.15, 0.2) is 48.5 Å². The summed E-state index contributed by atoms with van der Waals surface area (Å²) in [5.74, 6) is -0.626. The summed E-state index contributed by atoms with van der Waals surface area (Å²) in [5, 5.41) is 3.92. The van der Waals surface area contributed by atoms with E-state index in [1.165, 1.54) is 4.90 Å². The lowest BCUT2D eigenvalue weighted by molar-refractivity contribution is -0.120. The number of rotatable bonds is 6. The summed E-state index contributed by atoms with van der Waals surface area (Å²) < 4.78 is 5.02. The molecule has 1 saturated heterocycles. The van der Waals surface area contributed by atoms with Gasteiger partial charge in [0, 0.05) is 43.3 Å². The Bertz CT molecular complexity index is 1250. The molecule has 2 atom stereocenters. The van der Waals surface area contributed by atoms with Crippen LogP contribution in [0, 0.1) is 0 Å². The van der Waals surface area contributed by atoms with Crippen molar-refractivity contribution >= 4 is 34.4 Å². The smallest absolute Gasteiger partial charge is 0.332 e. The minimum atomic E-state index is -0.600. The van der Waals surface area contributed by atoms with Crippen molar-refractivity contribution in [3.63, 3.8) is 0 Å². The maximum atomic E-state index is 13.5. The number of carbonyl (C=O) groups excluding carboxylic acids is 3. The summed E-state index contributed by atoms with van der Waals surface area (Å²) in [4.78, 5) is 46.1. The van der Waals surface area contributed by atoms with Crippen LogP contribution in [-0.2, 0) is 16.0 Å². The average molecular weight is 447 g/mol. The fourth-order valence-corrected chi connectivity index (χ4v) is 4.96. The van der Waals surface area contributed by atoms with Crippen LogP contribution < -0.4 is 10.2 Å². The molecule has 1 aromatic heterocycles. The fourth-order valence-electron chi connectivity index (χ4n) is 4.96. The van der Waals surface area contributed by atoms with Gasteiger partial charge in [0.2, 0.25) is 0 Å². The van der Waals surface area contributed by atoms with Crippen LogP contribution in [0.4, 0.5) is 10.5 Å². The fraction of sp³-hybridized carbons (Fsp3) is 0.320. The Morgan fingerprint density at radius 1 is 1.15 bits per heavy atom. The van der Waals surface area contributed by atoms with Gasteiger partial charge in [-0.05, 0) is 37.1 Å². The summed E-state index contributed by atoms with van der Waals surface area (Å²) in [7, 11) is 1.61. The minimum Gasteiger partial charge on any atom is -0.385 e. The van der Waals surface area contributed by atoms with Gasteiger partial charge in [0.25, 0.3) is 11.8 Å². The summed E-state index contributed by atoms with van der Waals surface area (Å²) in [6, 6.07) is 13.4. The molecule has 3 heterocycles. The molecule has 0 spiro atoms. The topological polar surface area (TPSA) is 94.7 Å². The van der Waals surface area contributed by atoms with Gasteiger partial charge in [-0.15, -0.1) is 0 Å². The van der Waals surface area contributed by atoms with Crippen molar-refractivity contribution in [3.8, 4) is 0 Å². The lowest BCUT2D eigenvalue weighted by atomic mass is 9.93. The predicted molar refractivity (Wildman–Crippen MR) is 124 cm³/mol. The highest BCUT2D eigenvalue weighted by Crippen LogP contribution is 2.42. The van der Waals surface area contributed by atoms with Crippen LogP contribution >= 0.6 is 0 Å². The quantitative estimate of drug-likeness (QED) is 0.448. The van der Waals surface area contributed by atoms with Gasteiger partial charge in [-0.1, -0.05) is 30.3 Å². The van der Waals surface area contributed by atoms with Crippen molar-refractivity contribution in [1.29, 1.82) is 0 Å². The average Bonchev–Trinajstić information content (AvgIpc) is 3.32. The molecule has 0 radical (unpaired) electrons. The number of aromatic nitrogens is 1. The largest absolute Gasteiger partial charge is 0.385 e. The molecular weight excluding hydrogens is 420 g/mol. The molecule has 1 fully saturated rings. The molecule has 2 unspecified atom stereocenters. The molecule has 2 aromatic carbocycles. The van der Waals surface area contributed by atoms with Crippen molar-refractivity contribution < 1.29 is 19.1 Å². The second-order valence-corrected chi connectivity index (χ2v) is 8.44. The van der Waals surface area contributed by atoms with Crippen LogP contribution in [0.3, 0.4) is 0 Å². The van der Waals surface area contributed by atoms with Crippen LogP contribution in [0.1, 0.15) is 41.0 Å². The highest BCUT2D eigenvalue weighted by atomic mass is 16.5. The molecule has 8 heteroatoms. The van der Waals surface area contributed by atoms with E-state index in [-0.39, 0.29) is 17.9 Å². The van der Waals surface area contributed by atoms with Gasteiger partial charge in [-0.3, -0.25) is 9.59 Å². The van der Waals surface area contributed by atoms with E-state index in [4.69, 9.17) is 4.74 Å². The molecule has 2 aliphatic rings. The first-order chi connectivity index (χ1) is 16.0. The number of aromatic amines is 1. The van der Waals surface area contributed by atoms with Gasteiger partial charge >= 0.3 is 6.03 Å². The monoisotopic (exact) mass is 446 g/mol. The summed E-state index contributed by atoms with van der Waals surface area (Å²) >= 11 is 0. The lowest BCUT2D eigenvalue weighted by Crippen LogP contribution is -2.42. The molecule has 170 valence electrons. The standard InChI is InChI=1S/C25H26N4O4/c1-15-22-18(16-8-3-5-10-19(16)27-22)14-21-24(31)29(25(32)28(15)21)20-11-6-4-9-17(20)23(30)26-12-7-13-33-2/h3-6,8-11,15,21,27H,7,12-14H2,1-2H3,(H,26,30). The zero-order valence-corrected chi connectivity index (χ0v) is 18.6. The third-order valence-corrected chi connectivity index (χ3v) is 6.53. The number of H-pyrrole nitrogens is 1. The molecular formula is C25H26N4O4. The summed E-state index contributed by atoms with van der Waals surface area (Å²) in [5.41, 5.74) is 3.65. The number of ether oxygens (including phenoxy) is 1. The number of fused-ring (bicyclic) bond motifs is 4. The lowest BCUT2D eigenvalue weighted by Gasteiger charge is -2.33. The highest BCUT2D eigenvalue weighted by molar-refractivity contribution is 6.24. The number of hydrogen-bond acceptors (Lipinski definition) is 4. The number of nitrogens with zero attached hydrogens (tertiary/aromatic N) is 2. The number of hydrogen-bond donors (Lipinski definition) is 2. The number of amides is 4. The first-order valence-electron chi connectivity index (χ1n) is 11.1. The SMILES string of the molecule is COCCCNC(=O)c1ccccc1N1C(=O)C2Cc3c([nH]c4ccccc34)C(C)N2C1=O. The number of para-hydroxylation sites is 2. The number of anilines is 1. The van der Waals surface area contributed by atoms with E-state index in [9.17, 15) is 14.4 Å². The second kappa shape index (κ2) is 8.37. The Hall–Kier alpha value is -3.65. The van der Waals surface area contributed by atoms with Crippen molar-refractivity contribution in [2.24, 2.45) is 0 Å². The van der Waals surface area contributed by atoms with Crippen molar-refractivity contribution in [2.45, 2.75) is 31.8 Å². The Kier molecular flexibility index (Phi) is 5.38. The van der Waals surface area contributed by atoms with Crippen LogP contribution in [0.25, 0.3) is 10.9 Å². The van der Waals surface area contributed by atoms with E-state index in [2.05, 4.69) is 10.3 Å². The van der Waals surface area contributed by atoms with Gasteiger partial charge in [-0.25, -0.2) is 9.69 Å². The number of benzene rings is 2. The zero-order chi connectivity index (χ0) is 23.1. The van der Waals surface area contributed by atoms with E-state index in [1.54, 1.807) is 36.3 Å². The number of methoxy groups -OCH3 is 1. The molecule has 2 N–H and O–H groups in total. The number of urea groups is 1. The van der Waals surface area contributed by atoms with Gasteiger partial charge in [0.15, 0.2) is 0 Å². The number of nitrogens with one attached hydrogen (secondary N) is 2. The molecule has 5 rings (SSSR count). The van der Waals surface area contributed by atoms with Crippen LogP contribution in [0.5, 0.6) is 0 Å². The van der Waals surface area contributed by atoms with Crippen molar-refractivity contribution in [2.75, 3.05) is 25.2 Å². The molecule has 2 aliphatic heterocycles. The van der Waals surface area contributed by atoms with E-state index in [0.717, 1.165) is 22.2 Å². The molecule has 4 amide bonds. The van der Waals surface area contributed by atoms with E-state index in [1.807, 2.05) is 31.2 Å². The summed E-state index contributed by atoms with van der Waals surface area (Å²) in [6.07, 6.45) is 1.11. The Morgan fingerprint density at radius 3 is 2.73 bits per heavy atom. The second-order valence-electron chi connectivity index (χ2n) is 8.44. The van der Waals surface area contributed by atoms with Gasteiger partial charge < -0.3 is 19.9 Å². The van der Waals surface area contributed by atoms with Crippen molar-refractivity contribution in [1.82, 2.24) is 15.2 Å². The first-order valence-corrected chi connectivity index (χ1v) is 11.1. The first kappa shape index (κ1) is 21.2. The Morgan fingerprint density at radius 2 is 1.91 bits per heavy atom. The molecule has 3 aromatic rings. The zero-order valence-electron chi connectivity index (χ0n) is 18.6. The van der Waals surface area contributed by atoms with Crippen LogP contribution in [0.2, 0.25) is 0 Å². The molecule has 0 saturated carbocycles. The third kappa shape index (κ3) is 3.38. The Labute approximate surface area is 191 Å². The maximum Gasteiger partial charge on any atom is 0.332 e. The Balaban J connectivity index is 1.47. The van der Waals surface area contributed by atoms with Crippen LogP contribution in [-0.4, -0.2) is 54.0 Å². The molecule has 8 nitrogen and oxygen atoms in total. The highest BCUT2D eigenvalue weighted by Gasteiger charge is 2.52. The van der Waals surface area contributed by atoms with E-state index >= 15 is 0 Å². The van der Waals surface area contributed by atoms with Gasteiger partial charge in [0.05, 0.1) is 17.3 Å². The number of imide groups is 1. The number of carbonyl (C=O) groups is 3. The van der Waals surface area contributed by atoms with E-state index < -0.39 is 12.1 Å². The maximum absolute atomic E-state index is 13.5. The third-order valence-electron chi connectivity index (χ3n) is 6.53. The van der Waals surface area contributed by atoms with E-state index in [0.29, 0.717) is 37.2 Å². The van der Waals surface area contributed by atoms with Gasteiger partial charge in [0.1, 0.15) is 6.04 Å². The molecule has 33 heavy (non-hydrogen) atoms.